The van der Waals surface area contributed by atoms with E-state index in [-0.39, 0.29) is 23.2 Å². The van der Waals surface area contributed by atoms with Crippen LogP contribution in [0.25, 0.3) is 0 Å². The van der Waals surface area contributed by atoms with E-state index in [4.69, 9.17) is 16.3 Å². The molecule has 3 amide bonds. The zero-order valence-corrected chi connectivity index (χ0v) is 17.3. The number of hydrogen-bond acceptors (Lipinski definition) is 3. The van der Waals surface area contributed by atoms with Crippen molar-refractivity contribution in [3.05, 3.63) is 70.1 Å². The monoisotopic (exact) mass is 429 g/mol. The summed E-state index contributed by atoms with van der Waals surface area (Å²) in [5.41, 5.74) is 1.45. The van der Waals surface area contributed by atoms with Crippen LogP contribution in [0.1, 0.15) is 31.4 Å². The Morgan fingerprint density at radius 2 is 2.00 bits per heavy atom. The zero-order chi connectivity index (χ0) is 21.4. The number of halogens is 2. The van der Waals surface area contributed by atoms with Gasteiger partial charge in [0, 0.05) is 28.4 Å². The summed E-state index contributed by atoms with van der Waals surface area (Å²) in [5.74, 6) is -0.549. The average molecular weight is 430 g/mol. The molecule has 1 unspecified atom stereocenters. The molecule has 30 heavy (non-hydrogen) atoms. The van der Waals surface area contributed by atoms with Gasteiger partial charge in [-0.25, -0.2) is 9.18 Å². The van der Waals surface area contributed by atoms with Gasteiger partial charge in [0.15, 0.2) is 0 Å². The third kappa shape index (κ3) is 3.73. The number of nitrogens with zero attached hydrogens (tertiary/aromatic N) is 1. The van der Waals surface area contributed by atoms with Crippen LogP contribution in [0.4, 0.5) is 14.9 Å². The second kappa shape index (κ2) is 7.99. The molecule has 1 atom stereocenters. The largest absolute Gasteiger partial charge is 0.495 e. The maximum Gasteiger partial charge on any atom is 0.322 e. The van der Waals surface area contributed by atoms with Crippen LogP contribution in [-0.4, -0.2) is 30.0 Å². The Labute approximate surface area is 178 Å². The Kier molecular flexibility index (Phi) is 5.39. The maximum atomic E-state index is 14.6. The highest BCUT2D eigenvalue weighted by molar-refractivity contribution is 6.30. The Bertz CT molecular complexity index is 1050. The topological polar surface area (TPSA) is 70.7 Å². The first kappa shape index (κ1) is 20.2. The predicted molar refractivity (Wildman–Crippen MR) is 112 cm³/mol. The first-order valence-corrected chi connectivity index (χ1v) is 9.98. The number of hydrogen-bond donors (Lipinski definition) is 2. The van der Waals surface area contributed by atoms with Crippen LogP contribution >= 0.6 is 11.6 Å². The van der Waals surface area contributed by atoms with Crippen molar-refractivity contribution in [1.29, 1.82) is 0 Å². The summed E-state index contributed by atoms with van der Waals surface area (Å²) in [5, 5.41) is 6.09. The molecule has 2 aromatic carbocycles. The molecule has 1 fully saturated rings. The van der Waals surface area contributed by atoms with Gasteiger partial charge in [-0.15, -0.1) is 0 Å². The van der Waals surface area contributed by atoms with Crippen molar-refractivity contribution in [2.75, 3.05) is 12.4 Å². The molecule has 0 saturated heterocycles. The van der Waals surface area contributed by atoms with E-state index >= 15 is 0 Å². The number of amides is 3. The van der Waals surface area contributed by atoms with Crippen molar-refractivity contribution < 1.29 is 18.7 Å². The smallest absolute Gasteiger partial charge is 0.322 e. The fourth-order valence-electron chi connectivity index (χ4n) is 3.72. The van der Waals surface area contributed by atoms with Crippen molar-refractivity contribution >= 4 is 29.2 Å². The number of anilines is 1. The Balaban J connectivity index is 1.76. The molecule has 4 rings (SSSR count). The van der Waals surface area contributed by atoms with Crippen molar-refractivity contribution in [2.24, 2.45) is 0 Å². The number of carbonyl (C=O) groups excluding carboxylic acids is 2. The summed E-state index contributed by atoms with van der Waals surface area (Å²) in [6.07, 6.45) is 1.74. The third-order valence-corrected chi connectivity index (χ3v) is 5.55. The van der Waals surface area contributed by atoms with Crippen molar-refractivity contribution in [3.8, 4) is 5.75 Å². The molecular weight excluding hydrogens is 409 g/mol. The molecule has 8 heteroatoms. The van der Waals surface area contributed by atoms with Gasteiger partial charge in [-0.3, -0.25) is 9.69 Å². The molecular formula is C22H21ClFN3O3. The number of methoxy groups -OCH3 is 1. The second-order valence-electron chi connectivity index (χ2n) is 7.30. The molecule has 2 N–H and O–H groups in total. The maximum absolute atomic E-state index is 14.6. The molecule has 6 nitrogen and oxygen atoms in total. The molecule has 0 bridgehead atoms. The Hall–Kier alpha value is -3.06. The lowest BCUT2D eigenvalue weighted by atomic mass is 9.93. The van der Waals surface area contributed by atoms with Crippen molar-refractivity contribution in [3.63, 3.8) is 0 Å². The molecule has 2 aromatic rings. The first-order valence-electron chi connectivity index (χ1n) is 9.60. The Morgan fingerprint density at radius 3 is 2.67 bits per heavy atom. The summed E-state index contributed by atoms with van der Waals surface area (Å²) in [4.78, 5) is 27.7. The van der Waals surface area contributed by atoms with Gasteiger partial charge < -0.3 is 15.4 Å². The minimum Gasteiger partial charge on any atom is -0.495 e. The van der Waals surface area contributed by atoms with E-state index in [9.17, 15) is 14.0 Å². The molecule has 0 aromatic heterocycles. The highest BCUT2D eigenvalue weighted by Gasteiger charge is 2.42. The van der Waals surface area contributed by atoms with Crippen LogP contribution in [0.3, 0.4) is 0 Å². The summed E-state index contributed by atoms with van der Waals surface area (Å²) in [6, 6.07) is 9.78. The van der Waals surface area contributed by atoms with Gasteiger partial charge in [-0.1, -0.05) is 29.8 Å². The van der Waals surface area contributed by atoms with Gasteiger partial charge >= 0.3 is 6.03 Å². The first-order chi connectivity index (χ1) is 14.4. The molecule has 1 aliphatic heterocycles. The number of urea groups is 1. The number of ether oxygens (including phenoxy) is 1. The van der Waals surface area contributed by atoms with Gasteiger partial charge in [0.25, 0.3) is 5.91 Å². The normalized spacial score (nSPS) is 18.9. The molecule has 156 valence electrons. The van der Waals surface area contributed by atoms with E-state index < -0.39 is 17.8 Å². The number of allylic oxidation sites excluding steroid dienone is 1. The summed E-state index contributed by atoms with van der Waals surface area (Å²) in [7, 11) is 1.48. The minimum absolute atomic E-state index is 0.0550. The van der Waals surface area contributed by atoms with Crippen molar-refractivity contribution in [2.45, 2.75) is 31.8 Å². The second-order valence-corrected chi connectivity index (χ2v) is 7.74. The van der Waals surface area contributed by atoms with Crippen molar-refractivity contribution in [1.82, 2.24) is 10.2 Å². The van der Waals surface area contributed by atoms with E-state index in [0.717, 1.165) is 12.8 Å². The predicted octanol–water partition coefficient (Wildman–Crippen LogP) is 4.63. The van der Waals surface area contributed by atoms with Crippen LogP contribution in [0.15, 0.2) is 53.7 Å². The zero-order valence-electron chi connectivity index (χ0n) is 16.5. The molecule has 0 spiro atoms. The minimum atomic E-state index is -0.910. The number of nitrogens with one attached hydrogen (secondary N) is 2. The summed E-state index contributed by atoms with van der Waals surface area (Å²) in [6.45, 7) is 1.72. The van der Waals surface area contributed by atoms with Crippen LogP contribution in [-0.2, 0) is 4.79 Å². The van der Waals surface area contributed by atoms with Gasteiger partial charge in [0.05, 0.1) is 24.4 Å². The van der Waals surface area contributed by atoms with Gasteiger partial charge in [0.2, 0.25) is 0 Å². The number of benzene rings is 2. The van der Waals surface area contributed by atoms with Gasteiger partial charge in [0.1, 0.15) is 11.6 Å². The van der Waals surface area contributed by atoms with Gasteiger partial charge in [-0.2, -0.15) is 0 Å². The number of rotatable bonds is 5. The highest BCUT2D eigenvalue weighted by Crippen LogP contribution is 2.39. The Morgan fingerprint density at radius 1 is 1.27 bits per heavy atom. The van der Waals surface area contributed by atoms with Crippen LogP contribution in [0.2, 0.25) is 5.02 Å². The van der Waals surface area contributed by atoms with E-state index in [2.05, 4.69) is 10.6 Å². The van der Waals surface area contributed by atoms with Crippen LogP contribution in [0.5, 0.6) is 5.75 Å². The molecule has 2 aliphatic rings. The van der Waals surface area contributed by atoms with E-state index in [1.807, 2.05) is 0 Å². The summed E-state index contributed by atoms with van der Waals surface area (Å²) >= 11 is 6.00. The highest BCUT2D eigenvalue weighted by atomic mass is 35.5. The summed E-state index contributed by atoms with van der Waals surface area (Å²) < 4.78 is 19.9. The molecule has 1 aliphatic carbocycles. The van der Waals surface area contributed by atoms with E-state index in [0.29, 0.717) is 22.2 Å². The van der Waals surface area contributed by atoms with Gasteiger partial charge in [-0.05, 0) is 38.0 Å². The quantitative estimate of drug-likeness (QED) is 0.728. The lowest BCUT2D eigenvalue weighted by Gasteiger charge is -2.36. The SMILES string of the molecule is COc1cc(Cl)ccc1NC(=O)C1=C(C)N(C2CC2)C(=O)NC1c1ccccc1F. The average Bonchev–Trinajstić information content (AvgIpc) is 3.54. The van der Waals surface area contributed by atoms with E-state index in [1.165, 1.54) is 13.2 Å². The lowest BCUT2D eigenvalue weighted by molar-refractivity contribution is -0.113. The standard InChI is InChI=1S/C22H21ClFN3O3/c1-12-19(21(28)25-17-10-7-13(23)11-18(17)30-2)20(15-5-3-4-6-16(15)24)26-22(29)27(12)14-8-9-14/h3-7,10-11,14,20H,8-9H2,1-2H3,(H,25,28)(H,26,29). The number of carbonyl (C=O) groups is 2. The molecule has 0 radical (unpaired) electrons. The fraction of sp³-hybridized carbons (Fsp3) is 0.273. The molecule has 1 heterocycles. The third-order valence-electron chi connectivity index (χ3n) is 5.31. The van der Waals surface area contributed by atoms with Crippen LogP contribution < -0.4 is 15.4 Å². The van der Waals surface area contributed by atoms with Crippen LogP contribution in [0, 0.1) is 5.82 Å². The lowest BCUT2D eigenvalue weighted by Crippen LogP contribution is -2.49. The fourth-order valence-corrected chi connectivity index (χ4v) is 3.89. The molecule has 1 saturated carbocycles. The van der Waals surface area contributed by atoms with E-state index in [1.54, 1.807) is 48.2 Å².